The van der Waals surface area contributed by atoms with Crippen LogP contribution in [0.4, 0.5) is 0 Å². The molecular formula is C55H94O6. The van der Waals surface area contributed by atoms with E-state index in [2.05, 4.69) is 93.7 Å². The second-order valence-electron chi connectivity index (χ2n) is 16.7. The molecule has 0 fully saturated rings. The molecule has 0 N–H and O–H groups in total. The predicted octanol–water partition coefficient (Wildman–Crippen LogP) is 16.6. The number of ether oxygens (including phenoxy) is 3. The molecule has 0 heterocycles. The molecule has 350 valence electrons. The molecule has 0 radical (unpaired) electrons. The van der Waals surface area contributed by atoms with Crippen molar-refractivity contribution in [3.63, 3.8) is 0 Å². The fraction of sp³-hybridized carbons (Fsp3) is 0.727. The Hall–Kier alpha value is -3.15. The maximum Gasteiger partial charge on any atom is 0.306 e. The lowest BCUT2D eigenvalue weighted by Gasteiger charge is -2.18. The highest BCUT2D eigenvalue weighted by molar-refractivity contribution is 5.71. The second-order valence-corrected chi connectivity index (χ2v) is 16.7. The summed E-state index contributed by atoms with van der Waals surface area (Å²) in [5.74, 6) is -0.919. The van der Waals surface area contributed by atoms with Crippen LogP contribution in [0.1, 0.15) is 239 Å². The molecular weight excluding hydrogens is 757 g/mol. The van der Waals surface area contributed by atoms with Gasteiger partial charge in [0.1, 0.15) is 13.2 Å². The van der Waals surface area contributed by atoms with Crippen LogP contribution in [0.15, 0.2) is 72.9 Å². The van der Waals surface area contributed by atoms with E-state index in [0.29, 0.717) is 19.3 Å². The van der Waals surface area contributed by atoms with E-state index in [1.165, 1.54) is 64.2 Å². The number of unbranched alkanes of at least 4 members (excludes halogenated alkanes) is 22. The van der Waals surface area contributed by atoms with Crippen molar-refractivity contribution in [3.05, 3.63) is 72.9 Å². The average molecular weight is 851 g/mol. The molecule has 6 heteroatoms. The standard InChI is InChI=1S/C55H94O6/c1-4-7-10-13-16-19-22-25-27-30-33-36-39-42-45-48-54(57)60-51-52(50-59-53(56)47-44-41-38-35-32-29-24-21-18-15-12-9-6-3)61-55(58)49-46-43-40-37-34-31-28-26-23-20-17-14-11-8-5-2/h7-8,10-11,16-17,19-20,25-28,52H,4-6,9,12-15,18,21-24,29-51H2,1-3H3/b10-7-,11-8-,19-16-,20-17-,27-25-,28-26-. The van der Waals surface area contributed by atoms with Crippen LogP contribution in [0.2, 0.25) is 0 Å². The summed E-state index contributed by atoms with van der Waals surface area (Å²) < 4.78 is 16.8. The predicted molar refractivity (Wildman–Crippen MR) is 261 cm³/mol. The van der Waals surface area contributed by atoms with Gasteiger partial charge in [-0.15, -0.1) is 0 Å². The van der Waals surface area contributed by atoms with E-state index < -0.39 is 6.10 Å². The van der Waals surface area contributed by atoms with Gasteiger partial charge in [-0.2, -0.15) is 0 Å². The second kappa shape index (κ2) is 49.5. The first-order valence-electron chi connectivity index (χ1n) is 25.4. The first-order chi connectivity index (χ1) is 30.0. The first kappa shape index (κ1) is 57.9. The zero-order valence-corrected chi connectivity index (χ0v) is 39.9. The van der Waals surface area contributed by atoms with Gasteiger partial charge in [0.15, 0.2) is 6.10 Å². The Morgan fingerprint density at radius 1 is 0.344 bits per heavy atom. The Bertz CT molecular complexity index is 1160. The lowest BCUT2D eigenvalue weighted by Crippen LogP contribution is -2.30. The first-order valence-corrected chi connectivity index (χ1v) is 25.4. The maximum atomic E-state index is 12.8. The fourth-order valence-electron chi connectivity index (χ4n) is 6.94. The SMILES string of the molecule is CC/C=C\C/C=C\C/C=C\CCCCCCCC(=O)OCC(COC(=O)CCCCCCCCCCCCCCC)OC(=O)CCCCCCC/C=C\C/C=C\C/C=C\CC. The van der Waals surface area contributed by atoms with Crippen LogP contribution in [0.5, 0.6) is 0 Å². The smallest absolute Gasteiger partial charge is 0.306 e. The van der Waals surface area contributed by atoms with Gasteiger partial charge in [0.2, 0.25) is 0 Å². The van der Waals surface area contributed by atoms with E-state index in [1.807, 2.05) is 0 Å². The molecule has 0 saturated carbocycles. The summed E-state index contributed by atoms with van der Waals surface area (Å²) in [6.07, 6.45) is 61.6. The fourth-order valence-corrected chi connectivity index (χ4v) is 6.94. The zero-order valence-electron chi connectivity index (χ0n) is 39.9. The van der Waals surface area contributed by atoms with Gasteiger partial charge in [-0.3, -0.25) is 14.4 Å². The van der Waals surface area contributed by atoms with E-state index in [1.54, 1.807) is 0 Å². The summed E-state index contributed by atoms with van der Waals surface area (Å²) in [6, 6.07) is 0. The van der Waals surface area contributed by atoms with Gasteiger partial charge < -0.3 is 14.2 Å². The molecule has 1 atom stereocenters. The highest BCUT2D eigenvalue weighted by Gasteiger charge is 2.19. The van der Waals surface area contributed by atoms with Gasteiger partial charge in [-0.25, -0.2) is 0 Å². The van der Waals surface area contributed by atoms with Crippen LogP contribution < -0.4 is 0 Å². The van der Waals surface area contributed by atoms with Crippen molar-refractivity contribution < 1.29 is 28.6 Å². The molecule has 6 nitrogen and oxygen atoms in total. The molecule has 0 rings (SSSR count). The quantitative estimate of drug-likeness (QED) is 0.0263. The summed E-state index contributed by atoms with van der Waals surface area (Å²) in [6.45, 7) is 6.39. The number of esters is 3. The van der Waals surface area contributed by atoms with E-state index in [-0.39, 0.29) is 31.1 Å². The summed E-state index contributed by atoms with van der Waals surface area (Å²) in [5.41, 5.74) is 0. The Balaban J connectivity index is 4.43. The van der Waals surface area contributed by atoms with Crippen molar-refractivity contribution in [2.75, 3.05) is 13.2 Å². The third kappa shape index (κ3) is 47.7. The number of rotatable bonds is 45. The molecule has 61 heavy (non-hydrogen) atoms. The normalized spacial score (nSPS) is 12.6. The van der Waals surface area contributed by atoms with Gasteiger partial charge in [-0.1, -0.05) is 209 Å². The number of carbonyl (C=O) groups is 3. The lowest BCUT2D eigenvalue weighted by molar-refractivity contribution is -0.167. The summed E-state index contributed by atoms with van der Waals surface area (Å²) in [5, 5.41) is 0. The van der Waals surface area contributed by atoms with Gasteiger partial charge in [-0.05, 0) is 83.5 Å². The monoisotopic (exact) mass is 851 g/mol. The molecule has 0 amide bonds. The molecule has 0 aliphatic carbocycles. The molecule has 0 bridgehead atoms. The van der Waals surface area contributed by atoms with Crippen LogP contribution in [0, 0.1) is 0 Å². The van der Waals surface area contributed by atoms with Gasteiger partial charge in [0, 0.05) is 19.3 Å². The van der Waals surface area contributed by atoms with Gasteiger partial charge >= 0.3 is 17.9 Å². The molecule has 0 aliphatic heterocycles. The minimum Gasteiger partial charge on any atom is -0.462 e. The minimum absolute atomic E-state index is 0.0868. The van der Waals surface area contributed by atoms with Crippen LogP contribution in [0.25, 0.3) is 0 Å². The topological polar surface area (TPSA) is 78.9 Å². The summed E-state index contributed by atoms with van der Waals surface area (Å²) in [7, 11) is 0. The van der Waals surface area contributed by atoms with E-state index >= 15 is 0 Å². The van der Waals surface area contributed by atoms with E-state index in [4.69, 9.17) is 14.2 Å². The molecule has 0 spiro atoms. The van der Waals surface area contributed by atoms with Crippen LogP contribution in [-0.4, -0.2) is 37.2 Å². The Labute approximate surface area is 376 Å². The molecule has 0 saturated heterocycles. The Morgan fingerprint density at radius 3 is 1.00 bits per heavy atom. The Kier molecular flexibility index (Phi) is 46.9. The maximum absolute atomic E-state index is 12.8. The minimum atomic E-state index is -0.789. The lowest BCUT2D eigenvalue weighted by atomic mass is 10.0. The Morgan fingerprint density at radius 2 is 0.639 bits per heavy atom. The summed E-state index contributed by atoms with van der Waals surface area (Å²) >= 11 is 0. The van der Waals surface area contributed by atoms with Crippen molar-refractivity contribution in [1.29, 1.82) is 0 Å². The number of carbonyl (C=O) groups excluding carboxylic acids is 3. The molecule has 0 aromatic rings. The van der Waals surface area contributed by atoms with E-state index in [0.717, 1.165) is 135 Å². The van der Waals surface area contributed by atoms with Gasteiger partial charge in [0.25, 0.3) is 0 Å². The van der Waals surface area contributed by atoms with Crippen molar-refractivity contribution in [2.24, 2.45) is 0 Å². The number of hydrogen-bond donors (Lipinski definition) is 0. The van der Waals surface area contributed by atoms with Crippen molar-refractivity contribution in [3.8, 4) is 0 Å². The van der Waals surface area contributed by atoms with Crippen LogP contribution >= 0.6 is 0 Å². The van der Waals surface area contributed by atoms with Crippen molar-refractivity contribution in [1.82, 2.24) is 0 Å². The average Bonchev–Trinajstić information content (AvgIpc) is 3.26. The van der Waals surface area contributed by atoms with Gasteiger partial charge in [0.05, 0.1) is 0 Å². The van der Waals surface area contributed by atoms with Crippen LogP contribution in [-0.2, 0) is 28.6 Å². The zero-order chi connectivity index (χ0) is 44.4. The molecule has 0 aromatic carbocycles. The number of hydrogen-bond acceptors (Lipinski definition) is 6. The highest BCUT2D eigenvalue weighted by atomic mass is 16.6. The third-order valence-electron chi connectivity index (χ3n) is 10.7. The number of allylic oxidation sites excluding steroid dienone is 12. The van der Waals surface area contributed by atoms with Crippen LogP contribution in [0.3, 0.4) is 0 Å². The van der Waals surface area contributed by atoms with Crippen molar-refractivity contribution >= 4 is 17.9 Å². The van der Waals surface area contributed by atoms with Crippen molar-refractivity contribution in [2.45, 2.75) is 245 Å². The molecule has 1 unspecified atom stereocenters. The summed E-state index contributed by atoms with van der Waals surface area (Å²) in [4.78, 5) is 38.0. The third-order valence-corrected chi connectivity index (χ3v) is 10.7. The molecule has 0 aromatic heterocycles. The van der Waals surface area contributed by atoms with E-state index in [9.17, 15) is 14.4 Å². The molecule has 0 aliphatic rings. The largest absolute Gasteiger partial charge is 0.462 e. The highest BCUT2D eigenvalue weighted by Crippen LogP contribution is 2.15.